The molecule has 2 N–H and O–H groups in total. The standard InChI is InChI=1S/C11H13N5O2/c12-11(1-5-17-6-2-11)10-15-9(16-18-10)8-7-13-3-4-14-8/h3-4,7H,1-2,5-6,12H2. The molecule has 0 bridgehead atoms. The van der Waals surface area contributed by atoms with Crippen molar-refractivity contribution >= 4 is 0 Å². The van der Waals surface area contributed by atoms with E-state index in [-0.39, 0.29) is 0 Å². The normalized spacial score (nSPS) is 18.7. The maximum absolute atomic E-state index is 6.26. The topological polar surface area (TPSA) is 100.0 Å². The SMILES string of the molecule is NC1(c2nc(-c3cnccn3)no2)CCOCC1. The molecule has 0 aliphatic carbocycles. The monoisotopic (exact) mass is 247 g/mol. The number of hydrogen-bond donors (Lipinski definition) is 1. The third-order valence-electron chi connectivity index (χ3n) is 3.03. The highest BCUT2D eigenvalue weighted by molar-refractivity contribution is 5.45. The fraction of sp³-hybridized carbons (Fsp3) is 0.455. The molecule has 2 aromatic heterocycles. The Kier molecular flexibility index (Phi) is 2.77. The Labute approximate surface area is 103 Å². The van der Waals surface area contributed by atoms with Crippen LogP contribution in [0.4, 0.5) is 0 Å². The highest BCUT2D eigenvalue weighted by Crippen LogP contribution is 2.29. The zero-order chi connectivity index (χ0) is 12.4. The third kappa shape index (κ3) is 1.98. The van der Waals surface area contributed by atoms with Gasteiger partial charge in [-0.3, -0.25) is 4.98 Å². The lowest BCUT2D eigenvalue weighted by molar-refractivity contribution is 0.0400. The zero-order valence-corrected chi connectivity index (χ0v) is 9.74. The van der Waals surface area contributed by atoms with Crippen molar-refractivity contribution < 1.29 is 9.26 Å². The van der Waals surface area contributed by atoms with Gasteiger partial charge < -0.3 is 15.0 Å². The molecule has 0 aromatic carbocycles. The van der Waals surface area contributed by atoms with Gasteiger partial charge in [0.15, 0.2) is 0 Å². The number of nitrogens with two attached hydrogens (primary N) is 1. The summed E-state index contributed by atoms with van der Waals surface area (Å²) in [5.74, 6) is 0.848. The molecule has 94 valence electrons. The van der Waals surface area contributed by atoms with Crippen LogP contribution < -0.4 is 5.73 Å². The molecule has 0 atom stereocenters. The third-order valence-corrected chi connectivity index (χ3v) is 3.03. The Bertz CT molecular complexity index is 521. The second-order valence-corrected chi connectivity index (χ2v) is 4.28. The smallest absolute Gasteiger partial charge is 0.247 e. The Balaban J connectivity index is 1.89. The predicted octanol–water partition coefficient (Wildman–Crippen LogP) is 0.491. The maximum atomic E-state index is 6.26. The molecule has 1 aliphatic heterocycles. The van der Waals surface area contributed by atoms with Crippen molar-refractivity contribution in [3.63, 3.8) is 0 Å². The van der Waals surface area contributed by atoms with Crippen molar-refractivity contribution in [3.05, 3.63) is 24.5 Å². The highest BCUT2D eigenvalue weighted by Gasteiger charge is 2.36. The van der Waals surface area contributed by atoms with Crippen molar-refractivity contribution in [2.45, 2.75) is 18.4 Å². The van der Waals surface area contributed by atoms with Crippen LogP contribution in [0.15, 0.2) is 23.1 Å². The van der Waals surface area contributed by atoms with E-state index < -0.39 is 5.54 Å². The first-order chi connectivity index (χ1) is 8.78. The van der Waals surface area contributed by atoms with Crippen molar-refractivity contribution in [2.24, 2.45) is 5.73 Å². The van der Waals surface area contributed by atoms with Crippen LogP contribution in [0.5, 0.6) is 0 Å². The van der Waals surface area contributed by atoms with Crippen LogP contribution in [0.25, 0.3) is 11.5 Å². The lowest BCUT2D eigenvalue weighted by Crippen LogP contribution is -2.42. The van der Waals surface area contributed by atoms with E-state index in [4.69, 9.17) is 15.0 Å². The summed E-state index contributed by atoms with van der Waals surface area (Å²) in [5.41, 5.74) is 6.24. The van der Waals surface area contributed by atoms with E-state index in [0.29, 0.717) is 43.5 Å². The minimum atomic E-state index is -0.592. The molecule has 3 rings (SSSR count). The van der Waals surface area contributed by atoms with Gasteiger partial charge in [0.05, 0.1) is 6.20 Å². The molecule has 3 heterocycles. The van der Waals surface area contributed by atoms with Gasteiger partial charge in [-0.2, -0.15) is 4.98 Å². The first-order valence-corrected chi connectivity index (χ1v) is 5.75. The lowest BCUT2D eigenvalue weighted by Gasteiger charge is -2.29. The molecule has 7 nitrogen and oxygen atoms in total. The van der Waals surface area contributed by atoms with Gasteiger partial charge in [-0.15, -0.1) is 0 Å². The van der Waals surface area contributed by atoms with E-state index in [0.717, 1.165) is 0 Å². The van der Waals surface area contributed by atoms with Gasteiger partial charge in [0, 0.05) is 25.6 Å². The largest absolute Gasteiger partial charge is 0.381 e. The average Bonchev–Trinajstić information content (AvgIpc) is 2.91. The van der Waals surface area contributed by atoms with Gasteiger partial charge in [0.1, 0.15) is 11.2 Å². The molecular weight excluding hydrogens is 234 g/mol. The van der Waals surface area contributed by atoms with E-state index in [9.17, 15) is 0 Å². The van der Waals surface area contributed by atoms with Crippen LogP contribution in [0, 0.1) is 0 Å². The molecule has 0 saturated carbocycles. The first-order valence-electron chi connectivity index (χ1n) is 5.75. The minimum Gasteiger partial charge on any atom is -0.381 e. The van der Waals surface area contributed by atoms with E-state index in [1.54, 1.807) is 18.6 Å². The van der Waals surface area contributed by atoms with Crippen molar-refractivity contribution in [1.29, 1.82) is 0 Å². The van der Waals surface area contributed by atoms with Gasteiger partial charge in [0.25, 0.3) is 0 Å². The molecule has 0 unspecified atom stereocenters. The van der Waals surface area contributed by atoms with Gasteiger partial charge in [-0.1, -0.05) is 5.16 Å². The van der Waals surface area contributed by atoms with Crippen molar-refractivity contribution in [2.75, 3.05) is 13.2 Å². The number of nitrogens with zero attached hydrogens (tertiary/aromatic N) is 4. The fourth-order valence-electron chi connectivity index (χ4n) is 1.89. The lowest BCUT2D eigenvalue weighted by atomic mass is 9.91. The van der Waals surface area contributed by atoms with E-state index in [1.807, 2.05) is 0 Å². The Hall–Kier alpha value is -1.86. The molecular formula is C11H13N5O2. The fourth-order valence-corrected chi connectivity index (χ4v) is 1.89. The van der Waals surface area contributed by atoms with Crippen LogP contribution in [0.1, 0.15) is 18.7 Å². The van der Waals surface area contributed by atoms with Gasteiger partial charge in [-0.05, 0) is 12.8 Å². The summed E-state index contributed by atoms with van der Waals surface area (Å²) in [6.45, 7) is 1.22. The van der Waals surface area contributed by atoms with Gasteiger partial charge in [0.2, 0.25) is 11.7 Å². The molecule has 1 saturated heterocycles. The Morgan fingerprint density at radius 2 is 2.06 bits per heavy atom. The molecule has 1 aliphatic rings. The van der Waals surface area contributed by atoms with Crippen molar-refractivity contribution in [3.8, 4) is 11.5 Å². The van der Waals surface area contributed by atoms with Crippen LogP contribution in [0.2, 0.25) is 0 Å². The van der Waals surface area contributed by atoms with Crippen LogP contribution in [0.3, 0.4) is 0 Å². The number of aromatic nitrogens is 4. The predicted molar refractivity (Wildman–Crippen MR) is 61.2 cm³/mol. The van der Waals surface area contributed by atoms with E-state index >= 15 is 0 Å². The molecule has 0 spiro atoms. The second kappa shape index (κ2) is 4.43. The van der Waals surface area contributed by atoms with Gasteiger partial charge >= 0.3 is 0 Å². The van der Waals surface area contributed by atoms with Gasteiger partial charge in [-0.25, -0.2) is 4.98 Å². The number of rotatable bonds is 2. The molecule has 2 aromatic rings. The quantitative estimate of drug-likeness (QED) is 0.824. The van der Waals surface area contributed by atoms with Crippen LogP contribution in [-0.2, 0) is 10.3 Å². The van der Waals surface area contributed by atoms with Crippen molar-refractivity contribution in [1.82, 2.24) is 20.1 Å². The Morgan fingerprint density at radius 3 is 2.78 bits per heavy atom. The summed E-state index contributed by atoms with van der Waals surface area (Å²) in [4.78, 5) is 12.4. The minimum absolute atomic E-state index is 0.411. The van der Waals surface area contributed by atoms with E-state index in [2.05, 4.69) is 20.1 Å². The summed E-state index contributed by atoms with van der Waals surface area (Å²) in [6.07, 6.45) is 6.11. The maximum Gasteiger partial charge on any atom is 0.247 e. The summed E-state index contributed by atoms with van der Waals surface area (Å²) in [7, 11) is 0. The molecule has 1 fully saturated rings. The molecule has 0 amide bonds. The molecule has 18 heavy (non-hydrogen) atoms. The first kappa shape index (κ1) is 11.2. The summed E-state index contributed by atoms with van der Waals surface area (Å²) in [6, 6.07) is 0. The second-order valence-electron chi connectivity index (χ2n) is 4.28. The molecule has 7 heteroatoms. The summed E-state index contributed by atoms with van der Waals surface area (Å²) >= 11 is 0. The Morgan fingerprint density at radius 1 is 1.22 bits per heavy atom. The summed E-state index contributed by atoms with van der Waals surface area (Å²) in [5, 5.41) is 3.90. The van der Waals surface area contributed by atoms with Crippen LogP contribution in [-0.4, -0.2) is 33.3 Å². The van der Waals surface area contributed by atoms with E-state index in [1.165, 1.54) is 0 Å². The summed E-state index contributed by atoms with van der Waals surface area (Å²) < 4.78 is 10.5. The average molecular weight is 247 g/mol. The molecule has 0 radical (unpaired) electrons. The number of ether oxygens (including phenoxy) is 1. The number of hydrogen-bond acceptors (Lipinski definition) is 7. The highest BCUT2D eigenvalue weighted by atomic mass is 16.5. The zero-order valence-electron chi connectivity index (χ0n) is 9.74. The van der Waals surface area contributed by atoms with Crippen LogP contribution >= 0.6 is 0 Å².